The van der Waals surface area contributed by atoms with Gasteiger partial charge in [0.05, 0.1) is 6.42 Å². The maximum Gasteiger partial charge on any atom is 0.306 e. The van der Waals surface area contributed by atoms with Crippen LogP contribution in [0.1, 0.15) is 26.7 Å². The minimum atomic E-state index is -0.340. The molecule has 0 aromatic heterocycles. The molecule has 0 fully saturated rings. The third-order valence-corrected chi connectivity index (χ3v) is 1.16. The van der Waals surface area contributed by atoms with Crippen LogP contribution in [0.4, 0.5) is 0 Å². The molecule has 0 aliphatic carbocycles. The summed E-state index contributed by atoms with van der Waals surface area (Å²) in [6.07, 6.45) is 0.428. The van der Waals surface area contributed by atoms with Gasteiger partial charge in [-0.1, -0.05) is 6.58 Å². The van der Waals surface area contributed by atoms with Crippen molar-refractivity contribution in [2.75, 3.05) is 6.61 Å². The number of carbonyl (C=O) groups excluding carboxylic acids is 2. The van der Waals surface area contributed by atoms with Crippen LogP contribution in [-0.2, 0) is 14.3 Å². The van der Waals surface area contributed by atoms with E-state index in [1.807, 2.05) is 0 Å². The molecule has 0 unspecified atom stereocenters. The molecule has 0 N–H and O–H groups in total. The summed E-state index contributed by atoms with van der Waals surface area (Å²) in [4.78, 5) is 21.3. The molecule has 0 aromatic rings. The maximum absolute atomic E-state index is 10.8. The van der Waals surface area contributed by atoms with E-state index in [4.69, 9.17) is 4.74 Å². The monoisotopic (exact) mass is 170 g/mol. The van der Waals surface area contributed by atoms with Gasteiger partial charge in [0.15, 0.2) is 0 Å². The molecule has 0 aliphatic rings. The summed E-state index contributed by atoms with van der Waals surface area (Å²) >= 11 is 0. The highest BCUT2D eigenvalue weighted by atomic mass is 16.5. The molecule has 0 amide bonds. The molecular weight excluding hydrogens is 156 g/mol. The van der Waals surface area contributed by atoms with Gasteiger partial charge in [-0.15, -0.1) is 0 Å². The molecular formula is C9H14O3. The molecule has 68 valence electrons. The number of rotatable bonds is 5. The zero-order valence-corrected chi connectivity index (χ0v) is 7.55. The normalized spacial score (nSPS) is 9.17. The van der Waals surface area contributed by atoms with Gasteiger partial charge in [-0.3, -0.25) is 4.79 Å². The number of hydrogen-bond donors (Lipinski definition) is 0. The Labute approximate surface area is 72.4 Å². The molecule has 0 bridgehead atoms. The van der Waals surface area contributed by atoms with Gasteiger partial charge in [0.2, 0.25) is 0 Å². The van der Waals surface area contributed by atoms with Crippen LogP contribution in [0.5, 0.6) is 0 Å². The van der Waals surface area contributed by atoms with Crippen LogP contribution in [0.15, 0.2) is 12.2 Å². The van der Waals surface area contributed by atoms with Gasteiger partial charge in [-0.05, 0) is 19.4 Å². The molecule has 3 heteroatoms. The predicted molar refractivity (Wildman–Crippen MR) is 45.7 cm³/mol. The van der Waals surface area contributed by atoms with E-state index in [1.165, 1.54) is 6.92 Å². The van der Waals surface area contributed by atoms with Crippen LogP contribution < -0.4 is 0 Å². The van der Waals surface area contributed by atoms with Crippen molar-refractivity contribution in [2.45, 2.75) is 26.7 Å². The highest BCUT2D eigenvalue weighted by Crippen LogP contribution is 1.96. The number of ether oxygens (including phenoxy) is 1. The lowest BCUT2D eigenvalue weighted by atomic mass is 10.2. The molecule has 0 heterocycles. The second-order valence-electron chi connectivity index (χ2n) is 2.82. The number of carbonyl (C=O) groups is 2. The third-order valence-electron chi connectivity index (χ3n) is 1.16. The molecule has 0 aliphatic heterocycles. The lowest BCUT2D eigenvalue weighted by Gasteiger charge is -2.02. The summed E-state index contributed by atoms with van der Waals surface area (Å²) in [6.45, 7) is 7.05. The number of hydrogen-bond acceptors (Lipinski definition) is 3. The first-order valence-corrected chi connectivity index (χ1v) is 3.82. The lowest BCUT2D eigenvalue weighted by Crippen LogP contribution is -2.07. The van der Waals surface area contributed by atoms with E-state index in [0.717, 1.165) is 5.57 Å². The van der Waals surface area contributed by atoms with Crippen molar-refractivity contribution in [1.29, 1.82) is 0 Å². The van der Waals surface area contributed by atoms with E-state index in [2.05, 4.69) is 6.58 Å². The minimum Gasteiger partial charge on any atom is -0.461 e. The Morgan fingerprint density at radius 3 is 2.25 bits per heavy atom. The molecule has 0 atom stereocenters. The topological polar surface area (TPSA) is 43.4 Å². The van der Waals surface area contributed by atoms with Gasteiger partial charge in [0.1, 0.15) is 12.4 Å². The fraction of sp³-hybridized carbons (Fsp3) is 0.556. The van der Waals surface area contributed by atoms with Crippen molar-refractivity contribution in [3.05, 3.63) is 12.2 Å². The second-order valence-corrected chi connectivity index (χ2v) is 2.82. The van der Waals surface area contributed by atoms with E-state index >= 15 is 0 Å². The summed E-state index contributed by atoms with van der Waals surface area (Å²) in [5, 5.41) is 0. The number of Topliss-reactive ketones (excluding diaryl/α,β-unsaturated/α-hetero) is 1. The Hall–Kier alpha value is -1.12. The Morgan fingerprint density at radius 2 is 1.83 bits per heavy atom. The first kappa shape index (κ1) is 10.9. The van der Waals surface area contributed by atoms with E-state index in [9.17, 15) is 9.59 Å². The molecule has 0 spiro atoms. The standard InChI is InChI=1S/C9H14O3/c1-7(2)6-12-9(11)5-4-8(3)10/h1,4-6H2,2-3H3. The van der Waals surface area contributed by atoms with E-state index in [1.54, 1.807) is 6.92 Å². The fourth-order valence-electron chi connectivity index (χ4n) is 0.554. The maximum atomic E-state index is 10.8. The Balaban J connectivity index is 3.47. The summed E-state index contributed by atoms with van der Waals surface area (Å²) in [5.74, 6) is -0.338. The Kier molecular flexibility index (Phi) is 5.00. The summed E-state index contributed by atoms with van der Waals surface area (Å²) < 4.78 is 4.76. The fourth-order valence-corrected chi connectivity index (χ4v) is 0.554. The van der Waals surface area contributed by atoms with Crippen LogP contribution >= 0.6 is 0 Å². The molecule has 0 saturated heterocycles. The quantitative estimate of drug-likeness (QED) is 0.463. The summed E-state index contributed by atoms with van der Waals surface area (Å²) in [7, 11) is 0. The van der Waals surface area contributed by atoms with Crippen LogP contribution in [0, 0.1) is 0 Å². The first-order valence-electron chi connectivity index (χ1n) is 3.82. The van der Waals surface area contributed by atoms with Gasteiger partial charge in [0, 0.05) is 6.42 Å². The summed E-state index contributed by atoms with van der Waals surface area (Å²) in [5.41, 5.74) is 0.797. The molecule has 0 saturated carbocycles. The first-order chi connectivity index (χ1) is 5.52. The van der Waals surface area contributed by atoms with Crippen LogP contribution in [-0.4, -0.2) is 18.4 Å². The van der Waals surface area contributed by atoms with Crippen molar-refractivity contribution in [1.82, 2.24) is 0 Å². The zero-order chi connectivity index (χ0) is 9.56. The SMILES string of the molecule is C=C(C)COC(=O)CCC(C)=O. The molecule has 0 radical (unpaired) electrons. The van der Waals surface area contributed by atoms with Crippen molar-refractivity contribution >= 4 is 11.8 Å². The zero-order valence-electron chi connectivity index (χ0n) is 7.55. The third kappa shape index (κ3) is 6.99. The number of ketones is 1. The predicted octanol–water partition coefficient (Wildman–Crippen LogP) is 1.47. The Bertz CT molecular complexity index is 174. The summed E-state index contributed by atoms with van der Waals surface area (Å²) in [6, 6.07) is 0. The average molecular weight is 170 g/mol. The smallest absolute Gasteiger partial charge is 0.306 e. The van der Waals surface area contributed by atoms with E-state index in [-0.39, 0.29) is 31.2 Å². The minimum absolute atomic E-state index is 0.00211. The van der Waals surface area contributed by atoms with Crippen LogP contribution in [0.25, 0.3) is 0 Å². The largest absolute Gasteiger partial charge is 0.461 e. The van der Waals surface area contributed by atoms with E-state index < -0.39 is 0 Å². The number of esters is 1. The highest BCUT2D eigenvalue weighted by Gasteiger charge is 2.03. The van der Waals surface area contributed by atoms with Crippen LogP contribution in [0.2, 0.25) is 0 Å². The molecule has 0 aromatic carbocycles. The molecule has 0 rings (SSSR count). The van der Waals surface area contributed by atoms with Crippen molar-refractivity contribution in [2.24, 2.45) is 0 Å². The lowest BCUT2D eigenvalue weighted by molar-refractivity contribution is -0.143. The van der Waals surface area contributed by atoms with Gasteiger partial charge >= 0.3 is 5.97 Å². The van der Waals surface area contributed by atoms with Gasteiger partial charge in [-0.25, -0.2) is 0 Å². The van der Waals surface area contributed by atoms with Crippen molar-refractivity contribution < 1.29 is 14.3 Å². The van der Waals surface area contributed by atoms with Gasteiger partial charge < -0.3 is 9.53 Å². The van der Waals surface area contributed by atoms with E-state index in [0.29, 0.717) is 0 Å². The second kappa shape index (κ2) is 5.52. The average Bonchev–Trinajstić information content (AvgIpc) is 1.96. The van der Waals surface area contributed by atoms with Crippen molar-refractivity contribution in [3.8, 4) is 0 Å². The molecule has 3 nitrogen and oxygen atoms in total. The van der Waals surface area contributed by atoms with Crippen LogP contribution in [0.3, 0.4) is 0 Å². The van der Waals surface area contributed by atoms with Crippen molar-refractivity contribution in [3.63, 3.8) is 0 Å². The Morgan fingerprint density at radius 1 is 1.25 bits per heavy atom. The van der Waals surface area contributed by atoms with Gasteiger partial charge in [0.25, 0.3) is 0 Å². The van der Waals surface area contributed by atoms with Gasteiger partial charge in [-0.2, -0.15) is 0 Å². The highest BCUT2D eigenvalue weighted by molar-refractivity contribution is 5.80. The molecule has 12 heavy (non-hydrogen) atoms.